The smallest absolute Gasteiger partial charge is 0.0543 e. The lowest BCUT2D eigenvalue weighted by Gasteiger charge is -2.61. The van der Waals surface area contributed by atoms with E-state index >= 15 is 0 Å². The summed E-state index contributed by atoms with van der Waals surface area (Å²) in [6.45, 7) is 9.83. The zero-order valence-electron chi connectivity index (χ0n) is 35.1. The van der Waals surface area contributed by atoms with E-state index in [0.29, 0.717) is 11.8 Å². The summed E-state index contributed by atoms with van der Waals surface area (Å²) in [5.41, 5.74) is 18.3. The van der Waals surface area contributed by atoms with Gasteiger partial charge in [-0.3, -0.25) is 0 Å². The van der Waals surface area contributed by atoms with Gasteiger partial charge in [-0.05, 0) is 177 Å². The standard InChI is InChI=1S/C58H55N/c1-56(2)27-28-57(3,4)54-34-45(25-26-52(54)56)59(44-23-21-40(22-24-44)39-13-6-5-7-14-39)55-36-53-49(35-50(55)47-19-12-16-41-15-8-9-17-46(41)47)48-18-10-11-20-51(48)58(53)42-30-37-29-38(32-42)33-43(58)31-37/h5-26,34-38,42-43H,27-33H2,1-4H3. The summed E-state index contributed by atoms with van der Waals surface area (Å²) >= 11 is 0. The Morgan fingerprint density at radius 2 is 1.03 bits per heavy atom. The fraction of sp³-hybridized carbons (Fsp3) is 0.310. The van der Waals surface area contributed by atoms with Crippen molar-refractivity contribution >= 4 is 27.8 Å². The maximum absolute atomic E-state index is 2.73. The molecule has 0 atom stereocenters. The van der Waals surface area contributed by atoms with Crippen LogP contribution in [0.3, 0.4) is 0 Å². The molecule has 6 aliphatic rings. The zero-order valence-corrected chi connectivity index (χ0v) is 35.1. The predicted molar refractivity (Wildman–Crippen MR) is 248 cm³/mol. The SMILES string of the molecule is CC1(C)CCC(C)(C)c2cc(N(c3ccc(-c4ccccc4)cc3)c3cc4c(cc3-c3cccc5ccccc35)-c3ccccc3C43C4CC5CC(C4)CC3C5)ccc21. The molecule has 0 saturated heterocycles. The van der Waals surface area contributed by atoms with Crippen LogP contribution in [0.4, 0.5) is 17.1 Å². The number of rotatable bonds is 5. The Bertz CT molecular complexity index is 2750. The van der Waals surface area contributed by atoms with Crippen molar-refractivity contribution in [3.05, 3.63) is 174 Å². The molecule has 1 nitrogen and oxygen atoms in total. The summed E-state index contributed by atoms with van der Waals surface area (Å²) < 4.78 is 0. The first-order valence-corrected chi connectivity index (χ1v) is 22.6. The lowest BCUT2D eigenvalue weighted by atomic mass is 9.43. The fourth-order valence-corrected chi connectivity index (χ4v) is 13.6. The number of hydrogen-bond acceptors (Lipinski definition) is 1. The molecule has 7 aromatic rings. The molecular weight excluding hydrogens is 711 g/mol. The Labute approximate surface area is 351 Å². The maximum Gasteiger partial charge on any atom is 0.0543 e. The average Bonchev–Trinajstić information content (AvgIpc) is 3.54. The molecule has 4 fully saturated rings. The van der Waals surface area contributed by atoms with Gasteiger partial charge in [0.2, 0.25) is 0 Å². The molecule has 0 radical (unpaired) electrons. The Hall–Kier alpha value is -5.40. The number of anilines is 3. The molecule has 1 heteroatoms. The van der Waals surface area contributed by atoms with Gasteiger partial charge in [-0.25, -0.2) is 0 Å². The molecular formula is C58H55N. The summed E-state index contributed by atoms with van der Waals surface area (Å²) in [7, 11) is 0. The monoisotopic (exact) mass is 765 g/mol. The summed E-state index contributed by atoms with van der Waals surface area (Å²) in [5, 5.41) is 2.59. The van der Waals surface area contributed by atoms with Crippen molar-refractivity contribution in [3.8, 4) is 33.4 Å². The third-order valence-electron chi connectivity index (χ3n) is 16.3. The summed E-state index contributed by atoms with van der Waals surface area (Å²) in [6.07, 6.45) is 9.36. The first-order chi connectivity index (χ1) is 28.7. The minimum Gasteiger partial charge on any atom is -0.310 e. The third kappa shape index (κ3) is 5.22. The van der Waals surface area contributed by atoms with Gasteiger partial charge in [0.15, 0.2) is 0 Å². The average molecular weight is 766 g/mol. The second-order valence-corrected chi connectivity index (χ2v) is 20.4. The Kier molecular flexibility index (Phi) is 7.71. The van der Waals surface area contributed by atoms with Crippen LogP contribution in [0.2, 0.25) is 0 Å². The first-order valence-electron chi connectivity index (χ1n) is 22.6. The molecule has 0 aliphatic heterocycles. The van der Waals surface area contributed by atoms with E-state index in [1.807, 2.05) is 0 Å². The molecule has 0 N–H and O–H groups in total. The van der Waals surface area contributed by atoms with E-state index in [-0.39, 0.29) is 16.2 Å². The van der Waals surface area contributed by atoms with Crippen molar-refractivity contribution < 1.29 is 0 Å². The Morgan fingerprint density at radius 3 is 1.80 bits per heavy atom. The molecule has 6 aliphatic carbocycles. The van der Waals surface area contributed by atoms with Crippen LogP contribution < -0.4 is 4.90 Å². The molecule has 59 heavy (non-hydrogen) atoms. The Balaban J connectivity index is 1.16. The van der Waals surface area contributed by atoms with Gasteiger partial charge < -0.3 is 4.90 Å². The van der Waals surface area contributed by atoms with E-state index in [2.05, 4.69) is 184 Å². The summed E-state index contributed by atoms with van der Waals surface area (Å²) in [5.74, 6) is 3.19. The van der Waals surface area contributed by atoms with Crippen LogP contribution in [0.25, 0.3) is 44.2 Å². The maximum atomic E-state index is 2.73. The highest BCUT2D eigenvalue weighted by molar-refractivity contribution is 6.04. The largest absolute Gasteiger partial charge is 0.310 e. The Morgan fingerprint density at radius 1 is 0.424 bits per heavy atom. The third-order valence-corrected chi connectivity index (χ3v) is 16.3. The van der Waals surface area contributed by atoms with Crippen LogP contribution in [0.5, 0.6) is 0 Å². The van der Waals surface area contributed by atoms with Crippen LogP contribution in [0.1, 0.15) is 94.9 Å². The van der Waals surface area contributed by atoms with Gasteiger partial charge in [-0.1, -0.05) is 143 Å². The van der Waals surface area contributed by atoms with Gasteiger partial charge in [-0.2, -0.15) is 0 Å². The van der Waals surface area contributed by atoms with Gasteiger partial charge in [0.25, 0.3) is 0 Å². The minimum atomic E-state index is 0.0656. The quantitative estimate of drug-likeness (QED) is 0.169. The highest BCUT2D eigenvalue weighted by Crippen LogP contribution is 2.70. The van der Waals surface area contributed by atoms with E-state index in [4.69, 9.17) is 0 Å². The van der Waals surface area contributed by atoms with E-state index in [1.165, 1.54) is 117 Å². The number of benzene rings is 7. The number of hydrogen-bond donors (Lipinski definition) is 0. The van der Waals surface area contributed by atoms with E-state index < -0.39 is 0 Å². The van der Waals surface area contributed by atoms with Gasteiger partial charge in [-0.15, -0.1) is 0 Å². The molecule has 7 aromatic carbocycles. The van der Waals surface area contributed by atoms with E-state index in [9.17, 15) is 0 Å². The van der Waals surface area contributed by atoms with Crippen molar-refractivity contribution in [3.63, 3.8) is 0 Å². The van der Waals surface area contributed by atoms with Gasteiger partial charge in [0.05, 0.1) is 5.69 Å². The fourth-order valence-electron chi connectivity index (χ4n) is 13.6. The van der Waals surface area contributed by atoms with Crippen LogP contribution in [-0.4, -0.2) is 0 Å². The van der Waals surface area contributed by atoms with Crippen molar-refractivity contribution in [2.75, 3.05) is 4.90 Å². The van der Waals surface area contributed by atoms with Crippen molar-refractivity contribution in [1.82, 2.24) is 0 Å². The molecule has 0 heterocycles. The van der Waals surface area contributed by atoms with Crippen molar-refractivity contribution in [2.45, 2.75) is 88.9 Å². The number of fused-ring (bicyclic) bond motifs is 5. The zero-order chi connectivity index (χ0) is 39.7. The molecule has 0 unspecified atom stereocenters. The van der Waals surface area contributed by atoms with Crippen molar-refractivity contribution in [2.24, 2.45) is 23.7 Å². The second kappa shape index (κ2) is 12.8. The molecule has 1 spiro atoms. The van der Waals surface area contributed by atoms with E-state index in [0.717, 1.165) is 11.8 Å². The topological polar surface area (TPSA) is 3.24 Å². The van der Waals surface area contributed by atoms with Crippen LogP contribution >= 0.6 is 0 Å². The first kappa shape index (κ1) is 35.5. The predicted octanol–water partition coefficient (Wildman–Crippen LogP) is 15.7. The highest BCUT2D eigenvalue weighted by atomic mass is 15.1. The van der Waals surface area contributed by atoms with Crippen LogP contribution in [0, 0.1) is 23.7 Å². The normalized spacial score (nSPS) is 25.2. The summed E-state index contributed by atoms with van der Waals surface area (Å²) in [4.78, 5) is 2.65. The van der Waals surface area contributed by atoms with Gasteiger partial charge in [0, 0.05) is 22.4 Å². The second-order valence-electron chi connectivity index (χ2n) is 20.4. The van der Waals surface area contributed by atoms with Gasteiger partial charge >= 0.3 is 0 Å². The minimum absolute atomic E-state index is 0.0656. The van der Waals surface area contributed by atoms with E-state index in [1.54, 1.807) is 11.1 Å². The molecule has 0 aromatic heterocycles. The van der Waals surface area contributed by atoms with Crippen molar-refractivity contribution in [1.29, 1.82) is 0 Å². The molecule has 292 valence electrons. The molecule has 13 rings (SSSR count). The van der Waals surface area contributed by atoms with Crippen LogP contribution in [0.15, 0.2) is 152 Å². The number of nitrogens with zero attached hydrogens (tertiary/aromatic N) is 1. The lowest BCUT2D eigenvalue weighted by Crippen LogP contribution is -2.55. The molecule has 4 bridgehead atoms. The molecule has 0 amide bonds. The summed E-state index contributed by atoms with van der Waals surface area (Å²) in [6, 6.07) is 58.7. The highest BCUT2D eigenvalue weighted by Gasteiger charge is 2.61. The van der Waals surface area contributed by atoms with Gasteiger partial charge in [0.1, 0.15) is 0 Å². The van der Waals surface area contributed by atoms with Crippen LogP contribution in [-0.2, 0) is 16.2 Å². The lowest BCUT2D eigenvalue weighted by molar-refractivity contribution is -0.0399. The molecule has 4 saturated carbocycles.